The molecule has 0 aliphatic carbocycles. The summed E-state index contributed by atoms with van der Waals surface area (Å²) in [6.45, 7) is 10.1. The number of benzene rings is 1. The second-order valence-corrected chi connectivity index (χ2v) is 11.6. The summed E-state index contributed by atoms with van der Waals surface area (Å²) in [5.74, 6) is -0.516. The number of carbonyl (C=O) groups is 3. The van der Waals surface area contributed by atoms with Gasteiger partial charge < -0.3 is 34.4 Å². The zero-order chi connectivity index (χ0) is 31.3. The minimum Gasteiger partial charge on any atom is -0.491 e. The van der Waals surface area contributed by atoms with Crippen LogP contribution < -0.4 is 19.7 Å². The Morgan fingerprint density at radius 1 is 1.09 bits per heavy atom. The third kappa shape index (κ3) is 7.86. The number of amides is 1. The first-order valence-electron chi connectivity index (χ1n) is 14.6. The van der Waals surface area contributed by atoms with Crippen molar-refractivity contribution in [3.8, 4) is 11.5 Å². The molecule has 2 aliphatic rings. The highest BCUT2D eigenvalue weighted by atomic mass is 79.9. The SMILES string of the molecule is Br.CCOc1cc2c(nc1C(=O)NC)C(=N)N(CC(=O)c1cc(N3CCCC3)c(OCCOCC(=O)O)c(C(C)(C)C)c1)C2. The molecule has 0 unspecified atom stereocenters. The summed E-state index contributed by atoms with van der Waals surface area (Å²) in [7, 11) is 1.51. The third-order valence-corrected chi connectivity index (χ3v) is 7.39. The van der Waals surface area contributed by atoms with Gasteiger partial charge >= 0.3 is 5.97 Å². The number of ketones is 1. The van der Waals surface area contributed by atoms with E-state index in [0.29, 0.717) is 35.9 Å². The maximum absolute atomic E-state index is 13.8. The molecule has 0 radical (unpaired) electrons. The van der Waals surface area contributed by atoms with Crippen LogP contribution in [0.5, 0.6) is 11.5 Å². The maximum atomic E-state index is 13.8. The third-order valence-electron chi connectivity index (χ3n) is 7.39. The van der Waals surface area contributed by atoms with Crippen molar-refractivity contribution in [1.82, 2.24) is 15.2 Å². The van der Waals surface area contributed by atoms with Gasteiger partial charge in [0.05, 0.1) is 25.4 Å². The molecule has 2 aromatic rings. The Bertz CT molecular complexity index is 1400. The Kier molecular flexibility index (Phi) is 11.7. The van der Waals surface area contributed by atoms with Gasteiger partial charge in [-0.1, -0.05) is 20.8 Å². The highest BCUT2D eigenvalue weighted by molar-refractivity contribution is 8.93. The van der Waals surface area contributed by atoms with Crippen molar-refractivity contribution in [3.05, 3.63) is 46.3 Å². The number of carbonyl (C=O) groups excluding carboxylic acids is 2. The molecule has 0 atom stereocenters. The van der Waals surface area contributed by atoms with Crippen LogP contribution in [0, 0.1) is 5.41 Å². The Balaban J connectivity index is 0.00000529. The number of halogens is 1. The fraction of sp³-hybridized carbons (Fsp3) is 0.516. The molecule has 44 heavy (non-hydrogen) atoms. The summed E-state index contributed by atoms with van der Waals surface area (Å²) < 4.78 is 17.0. The summed E-state index contributed by atoms with van der Waals surface area (Å²) >= 11 is 0. The van der Waals surface area contributed by atoms with Gasteiger partial charge in [0.15, 0.2) is 17.2 Å². The van der Waals surface area contributed by atoms with Crippen molar-refractivity contribution in [2.24, 2.45) is 0 Å². The second-order valence-electron chi connectivity index (χ2n) is 11.6. The fourth-order valence-electron chi connectivity index (χ4n) is 5.28. The van der Waals surface area contributed by atoms with Gasteiger partial charge in [0.25, 0.3) is 5.91 Å². The molecule has 3 N–H and O–H groups in total. The summed E-state index contributed by atoms with van der Waals surface area (Å²) in [4.78, 5) is 45.4. The first kappa shape index (κ1) is 34.8. The topological polar surface area (TPSA) is 154 Å². The largest absolute Gasteiger partial charge is 0.491 e. The number of ether oxygens (including phenoxy) is 3. The van der Waals surface area contributed by atoms with Crippen LogP contribution in [0.1, 0.15) is 78.2 Å². The molecule has 1 fully saturated rings. The standard InChI is InChI=1S/C31H41N5O7.BrH/c1-6-42-24-15-20-16-36(29(32)26(20)34-27(24)30(40)33-5)17-23(37)19-13-21(31(2,3)4)28(43-12-11-41-18-25(38)39)22(14-19)35-9-7-8-10-35;/h13-15,32H,6-12,16-18H2,1-5H3,(H,33,40)(H,38,39);1H. The van der Waals surface area contributed by atoms with Crippen LogP contribution >= 0.6 is 17.0 Å². The molecular weight excluding hydrogens is 634 g/mol. The lowest BCUT2D eigenvalue weighted by Gasteiger charge is -2.29. The number of nitrogens with zero attached hydrogens (tertiary/aromatic N) is 3. The van der Waals surface area contributed by atoms with Crippen LogP contribution in [-0.4, -0.2) is 91.6 Å². The molecule has 2 aliphatic heterocycles. The number of carboxylic acids is 1. The molecule has 0 spiro atoms. The smallest absolute Gasteiger partial charge is 0.329 e. The number of hydrogen-bond acceptors (Lipinski definition) is 9. The van der Waals surface area contributed by atoms with Gasteiger partial charge in [-0.2, -0.15) is 0 Å². The number of carboxylic acid groups (broad SMARTS) is 1. The lowest BCUT2D eigenvalue weighted by molar-refractivity contribution is -0.142. The number of Topliss-reactive ketones (excluding diaryl/α,β-unsaturated/α-hetero) is 1. The number of nitrogens with one attached hydrogen (secondary N) is 2. The van der Waals surface area contributed by atoms with Crippen LogP contribution in [0.15, 0.2) is 18.2 Å². The van der Waals surface area contributed by atoms with Gasteiger partial charge in [-0.25, -0.2) is 9.78 Å². The summed E-state index contributed by atoms with van der Waals surface area (Å²) in [5.41, 5.74) is 3.01. The Morgan fingerprint density at radius 3 is 2.41 bits per heavy atom. The van der Waals surface area contributed by atoms with E-state index in [1.807, 2.05) is 19.1 Å². The summed E-state index contributed by atoms with van der Waals surface area (Å²) in [6.07, 6.45) is 2.06. The lowest BCUT2D eigenvalue weighted by atomic mass is 9.84. The number of anilines is 1. The Morgan fingerprint density at radius 2 is 1.80 bits per heavy atom. The molecule has 3 heterocycles. The zero-order valence-corrected chi connectivity index (χ0v) is 27.7. The summed E-state index contributed by atoms with van der Waals surface area (Å²) in [5, 5.41) is 20.2. The van der Waals surface area contributed by atoms with Crippen molar-refractivity contribution < 1.29 is 33.7 Å². The first-order chi connectivity index (χ1) is 20.4. The number of aromatic nitrogens is 1. The van der Waals surface area contributed by atoms with Crippen molar-refractivity contribution in [3.63, 3.8) is 0 Å². The average molecular weight is 677 g/mol. The number of amidine groups is 1. The molecule has 1 aromatic carbocycles. The quantitative estimate of drug-likeness (QED) is 0.211. The van der Waals surface area contributed by atoms with Gasteiger partial charge in [-0.15, -0.1) is 17.0 Å². The molecule has 0 saturated carbocycles. The molecule has 240 valence electrons. The van der Waals surface area contributed by atoms with E-state index in [2.05, 4.69) is 36.0 Å². The van der Waals surface area contributed by atoms with E-state index in [9.17, 15) is 14.4 Å². The highest BCUT2D eigenvalue weighted by Gasteiger charge is 2.32. The van der Waals surface area contributed by atoms with Gasteiger partial charge in [-0.3, -0.25) is 15.0 Å². The van der Waals surface area contributed by atoms with E-state index in [1.54, 1.807) is 11.0 Å². The van der Waals surface area contributed by atoms with Crippen molar-refractivity contribution in [2.45, 2.75) is 52.5 Å². The minimum absolute atomic E-state index is 0. The molecule has 1 amide bonds. The van der Waals surface area contributed by atoms with Crippen molar-refractivity contribution in [2.75, 3.05) is 58.0 Å². The van der Waals surface area contributed by atoms with Gasteiger partial charge in [-0.05, 0) is 43.4 Å². The number of pyridine rings is 1. The predicted octanol–water partition coefficient (Wildman–Crippen LogP) is 3.82. The van der Waals surface area contributed by atoms with Crippen molar-refractivity contribution in [1.29, 1.82) is 5.41 Å². The lowest BCUT2D eigenvalue weighted by Crippen LogP contribution is -2.31. The van der Waals surface area contributed by atoms with Crippen LogP contribution in [0.3, 0.4) is 0 Å². The van der Waals surface area contributed by atoms with Crippen molar-refractivity contribution >= 4 is 46.2 Å². The van der Waals surface area contributed by atoms with Gasteiger partial charge in [0.1, 0.15) is 30.5 Å². The zero-order valence-electron chi connectivity index (χ0n) is 25.9. The monoisotopic (exact) mass is 675 g/mol. The first-order valence-corrected chi connectivity index (χ1v) is 14.6. The van der Waals surface area contributed by atoms with E-state index >= 15 is 0 Å². The molecular formula is C31H42BrN5O7. The summed E-state index contributed by atoms with van der Waals surface area (Å²) in [6, 6.07) is 5.44. The predicted molar refractivity (Wildman–Crippen MR) is 171 cm³/mol. The molecule has 12 nitrogen and oxygen atoms in total. The van der Waals surface area contributed by atoms with E-state index in [-0.39, 0.29) is 59.5 Å². The number of fused-ring (bicyclic) bond motifs is 1. The van der Waals surface area contributed by atoms with E-state index < -0.39 is 18.5 Å². The van der Waals surface area contributed by atoms with Gasteiger partial charge in [0, 0.05) is 43.4 Å². The van der Waals surface area contributed by atoms with Crippen LogP contribution in [0.25, 0.3) is 0 Å². The van der Waals surface area contributed by atoms with Crippen LogP contribution in [0.2, 0.25) is 0 Å². The molecule has 13 heteroatoms. The molecule has 0 bridgehead atoms. The highest BCUT2D eigenvalue weighted by Crippen LogP contribution is 2.41. The van der Waals surface area contributed by atoms with Crippen LogP contribution in [-0.2, 0) is 21.5 Å². The number of rotatable bonds is 13. The number of hydrogen-bond donors (Lipinski definition) is 3. The Labute approximate surface area is 268 Å². The molecule has 4 rings (SSSR count). The van der Waals surface area contributed by atoms with Crippen LogP contribution in [0.4, 0.5) is 5.69 Å². The van der Waals surface area contributed by atoms with E-state index in [0.717, 1.165) is 42.7 Å². The van der Waals surface area contributed by atoms with E-state index in [1.165, 1.54) is 7.05 Å². The van der Waals surface area contributed by atoms with Gasteiger partial charge in [0.2, 0.25) is 0 Å². The van der Waals surface area contributed by atoms with E-state index in [4.69, 9.17) is 24.7 Å². The number of aliphatic carboxylic acids is 1. The Hall–Kier alpha value is -3.71. The molecule has 1 saturated heterocycles. The molecule has 1 aromatic heterocycles. The minimum atomic E-state index is -1.04. The second kappa shape index (κ2) is 14.8. The average Bonchev–Trinajstić information content (AvgIpc) is 3.59. The normalized spacial score (nSPS) is 14.2. The maximum Gasteiger partial charge on any atom is 0.329 e. The fourth-order valence-corrected chi connectivity index (χ4v) is 5.28.